The number of likely N-dealkylation sites (tertiary alicyclic amines) is 1. The van der Waals surface area contributed by atoms with Crippen LogP contribution in [0.15, 0.2) is 54.9 Å². The number of rotatable bonds is 6. The van der Waals surface area contributed by atoms with Gasteiger partial charge in [0.15, 0.2) is 5.82 Å². The Morgan fingerprint density at radius 3 is 2.69 bits per heavy atom. The lowest BCUT2D eigenvalue weighted by Crippen LogP contribution is -2.32. The highest BCUT2D eigenvalue weighted by Crippen LogP contribution is 2.30. The third kappa shape index (κ3) is 5.18. The maximum atomic E-state index is 11.5. The maximum absolute atomic E-state index is 11.5. The van der Waals surface area contributed by atoms with E-state index in [1.165, 1.54) is 11.8 Å². The summed E-state index contributed by atoms with van der Waals surface area (Å²) < 4.78 is 27.2. The first-order chi connectivity index (χ1) is 14.0. The van der Waals surface area contributed by atoms with Crippen LogP contribution in [0.2, 0.25) is 0 Å². The molecule has 0 radical (unpaired) electrons. The minimum Gasteiger partial charge on any atom is -0.297 e. The molecule has 2 aromatic heterocycles. The zero-order valence-electron chi connectivity index (χ0n) is 16.3. The highest BCUT2D eigenvalue weighted by molar-refractivity contribution is 7.92. The molecule has 1 aromatic carbocycles. The van der Waals surface area contributed by atoms with Gasteiger partial charge in [0, 0.05) is 18.4 Å². The average Bonchev–Trinajstić information content (AvgIpc) is 3.17. The molecule has 1 N–H and O–H groups in total. The molecule has 152 valence electrons. The third-order valence-corrected chi connectivity index (χ3v) is 5.67. The second-order valence-electron chi connectivity index (χ2n) is 7.39. The van der Waals surface area contributed by atoms with Gasteiger partial charge in [0.2, 0.25) is 10.0 Å². The van der Waals surface area contributed by atoms with E-state index in [1.54, 1.807) is 16.9 Å². The largest absolute Gasteiger partial charge is 0.297 e. The zero-order chi connectivity index (χ0) is 20.3. The van der Waals surface area contributed by atoms with Crippen LogP contribution in [-0.2, 0) is 16.6 Å². The Morgan fingerprint density at radius 1 is 1.14 bits per heavy atom. The van der Waals surface area contributed by atoms with Crippen LogP contribution in [0.5, 0.6) is 0 Å². The van der Waals surface area contributed by atoms with Crippen LogP contribution in [0.4, 0.5) is 5.69 Å². The second-order valence-corrected chi connectivity index (χ2v) is 9.14. The molecule has 0 spiro atoms. The Morgan fingerprint density at radius 2 is 1.97 bits per heavy atom. The molecule has 29 heavy (non-hydrogen) atoms. The lowest BCUT2D eigenvalue weighted by molar-refractivity contribution is 0.202. The van der Waals surface area contributed by atoms with Crippen LogP contribution in [0.1, 0.15) is 30.0 Å². The van der Waals surface area contributed by atoms with Crippen LogP contribution < -0.4 is 4.72 Å². The standard InChI is InChI=1S/C20H24N6O2S/c1-29(27,28)23-18-6-4-5-17(13-18)16-8-11-25(12-9-16)14-19-15-26(24-22-19)20-7-2-3-10-21-20/h2-7,10,13,15-16,23H,8-9,11-12,14H2,1H3. The fraction of sp³-hybridized carbons (Fsp3) is 0.350. The van der Waals surface area contributed by atoms with Crippen LogP contribution in [0.3, 0.4) is 0 Å². The van der Waals surface area contributed by atoms with E-state index in [1.807, 2.05) is 36.5 Å². The SMILES string of the molecule is CS(=O)(=O)Nc1cccc(C2CCN(Cc3cn(-c4ccccn4)nn3)CC2)c1. The van der Waals surface area contributed by atoms with E-state index in [9.17, 15) is 8.42 Å². The minimum atomic E-state index is -3.26. The van der Waals surface area contributed by atoms with Crippen molar-refractivity contribution >= 4 is 15.7 Å². The molecule has 1 fully saturated rings. The summed E-state index contributed by atoms with van der Waals surface area (Å²) in [6, 6.07) is 13.4. The Hall–Kier alpha value is -2.78. The van der Waals surface area contributed by atoms with E-state index in [0.29, 0.717) is 11.6 Å². The fourth-order valence-electron chi connectivity index (χ4n) is 3.70. The predicted octanol–water partition coefficient (Wildman–Crippen LogP) is 2.41. The van der Waals surface area contributed by atoms with E-state index < -0.39 is 10.0 Å². The van der Waals surface area contributed by atoms with Crippen LogP contribution in [0, 0.1) is 0 Å². The monoisotopic (exact) mass is 412 g/mol. The van der Waals surface area contributed by atoms with Gasteiger partial charge in [0.25, 0.3) is 0 Å². The summed E-state index contributed by atoms with van der Waals surface area (Å²) in [5.74, 6) is 1.18. The number of nitrogens with one attached hydrogen (secondary N) is 1. The lowest BCUT2D eigenvalue weighted by Gasteiger charge is -2.31. The van der Waals surface area contributed by atoms with Crippen molar-refractivity contribution in [1.82, 2.24) is 24.9 Å². The highest BCUT2D eigenvalue weighted by atomic mass is 32.2. The molecule has 1 saturated heterocycles. The van der Waals surface area contributed by atoms with Crippen molar-refractivity contribution < 1.29 is 8.42 Å². The van der Waals surface area contributed by atoms with Crippen molar-refractivity contribution in [2.75, 3.05) is 24.1 Å². The first-order valence-electron chi connectivity index (χ1n) is 9.59. The van der Waals surface area contributed by atoms with Gasteiger partial charge < -0.3 is 0 Å². The van der Waals surface area contributed by atoms with Crippen molar-refractivity contribution in [3.8, 4) is 5.82 Å². The van der Waals surface area contributed by atoms with E-state index in [-0.39, 0.29) is 0 Å². The summed E-state index contributed by atoms with van der Waals surface area (Å²) in [5.41, 5.74) is 2.73. The van der Waals surface area contributed by atoms with E-state index in [0.717, 1.165) is 44.0 Å². The smallest absolute Gasteiger partial charge is 0.229 e. The highest BCUT2D eigenvalue weighted by Gasteiger charge is 2.22. The van der Waals surface area contributed by atoms with Crippen molar-refractivity contribution in [1.29, 1.82) is 0 Å². The number of anilines is 1. The summed E-state index contributed by atoms with van der Waals surface area (Å²) in [7, 11) is -3.26. The molecule has 9 heteroatoms. The van der Waals surface area contributed by atoms with Gasteiger partial charge >= 0.3 is 0 Å². The number of hydrogen-bond acceptors (Lipinski definition) is 6. The Kier molecular flexibility index (Phi) is 5.59. The van der Waals surface area contributed by atoms with Crippen molar-refractivity contribution in [2.45, 2.75) is 25.3 Å². The van der Waals surface area contributed by atoms with E-state index >= 15 is 0 Å². The van der Waals surface area contributed by atoms with Crippen LogP contribution in [-0.4, -0.2) is 52.6 Å². The van der Waals surface area contributed by atoms with E-state index in [2.05, 4.69) is 31.0 Å². The van der Waals surface area contributed by atoms with Gasteiger partial charge in [-0.1, -0.05) is 23.4 Å². The number of nitrogens with zero attached hydrogens (tertiary/aromatic N) is 5. The lowest BCUT2D eigenvalue weighted by atomic mass is 9.89. The quantitative estimate of drug-likeness (QED) is 0.668. The summed E-state index contributed by atoms with van der Waals surface area (Å²) in [6.07, 6.45) is 6.88. The van der Waals surface area contributed by atoms with Gasteiger partial charge in [0.1, 0.15) is 0 Å². The molecule has 1 aliphatic rings. The van der Waals surface area contributed by atoms with Gasteiger partial charge in [-0.2, -0.15) is 0 Å². The van der Waals surface area contributed by atoms with Crippen LogP contribution >= 0.6 is 0 Å². The molecule has 4 rings (SSSR count). The summed E-state index contributed by atoms with van der Waals surface area (Å²) in [6.45, 7) is 2.69. The molecule has 3 aromatic rings. The van der Waals surface area contributed by atoms with Crippen molar-refractivity contribution in [3.63, 3.8) is 0 Å². The number of aromatic nitrogens is 4. The van der Waals surface area contributed by atoms with Gasteiger partial charge in [-0.25, -0.2) is 18.1 Å². The Labute approximate surface area is 170 Å². The number of benzene rings is 1. The van der Waals surface area contributed by atoms with Crippen molar-refractivity contribution in [2.24, 2.45) is 0 Å². The minimum absolute atomic E-state index is 0.428. The Balaban J connectivity index is 1.34. The molecule has 0 bridgehead atoms. The molecule has 3 heterocycles. The van der Waals surface area contributed by atoms with Gasteiger partial charge in [0.05, 0.1) is 18.1 Å². The predicted molar refractivity (Wildman–Crippen MR) is 111 cm³/mol. The Bertz CT molecular complexity index is 1060. The van der Waals surface area contributed by atoms with Gasteiger partial charge in [-0.15, -0.1) is 5.10 Å². The molecule has 0 amide bonds. The normalized spacial score (nSPS) is 16.0. The number of piperidine rings is 1. The summed E-state index contributed by atoms with van der Waals surface area (Å²) >= 11 is 0. The second kappa shape index (κ2) is 8.30. The molecule has 8 nitrogen and oxygen atoms in total. The fourth-order valence-corrected chi connectivity index (χ4v) is 4.25. The molecule has 0 saturated carbocycles. The topological polar surface area (TPSA) is 93.0 Å². The molecule has 0 atom stereocenters. The average molecular weight is 413 g/mol. The maximum Gasteiger partial charge on any atom is 0.229 e. The van der Waals surface area contributed by atoms with Crippen molar-refractivity contribution in [3.05, 3.63) is 66.1 Å². The first-order valence-corrected chi connectivity index (χ1v) is 11.5. The van der Waals surface area contributed by atoms with Crippen LogP contribution in [0.25, 0.3) is 5.82 Å². The number of sulfonamides is 1. The van der Waals surface area contributed by atoms with Gasteiger partial charge in [-0.3, -0.25) is 9.62 Å². The summed E-state index contributed by atoms with van der Waals surface area (Å²) in [5, 5.41) is 8.45. The zero-order valence-corrected chi connectivity index (χ0v) is 17.1. The molecular weight excluding hydrogens is 388 g/mol. The van der Waals surface area contributed by atoms with Gasteiger partial charge in [-0.05, 0) is 61.7 Å². The molecule has 0 unspecified atom stereocenters. The molecule has 0 aliphatic carbocycles. The first kappa shape index (κ1) is 19.5. The molecular formula is C20H24N6O2S. The number of pyridine rings is 1. The number of hydrogen-bond donors (Lipinski definition) is 1. The molecule has 1 aliphatic heterocycles. The third-order valence-electron chi connectivity index (χ3n) is 5.06. The summed E-state index contributed by atoms with van der Waals surface area (Å²) in [4.78, 5) is 6.66. The van der Waals surface area contributed by atoms with E-state index in [4.69, 9.17) is 0 Å².